The monoisotopic (exact) mass is 358 g/mol. The molecule has 116 valence electrons. The van der Waals surface area contributed by atoms with Crippen LogP contribution in [0, 0.1) is 5.92 Å². The summed E-state index contributed by atoms with van der Waals surface area (Å²) in [7, 11) is 0. The maximum atomic E-state index is 12.9. The molecule has 1 nitrogen and oxygen atoms in total. The van der Waals surface area contributed by atoms with Gasteiger partial charge in [-0.15, -0.1) is 0 Å². The second-order valence-electron chi connectivity index (χ2n) is 5.96. The number of Topliss-reactive ketones (excluding diaryl/α,β-unsaturated/α-hetero) is 1. The summed E-state index contributed by atoms with van der Waals surface area (Å²) in [5.74, 6) is 0.173. The van der Waals surface area contributed by atoms with Crippen LogP contribution >= 0.6 is 15.9 Å². The molecule has 2 rings (SSSR count). The molecule has 0 unspecified atom stereocenters. The van der Waals surface area contributed by atoms with Crippen LogP contribution in [0.3, 0.4) is 0 Å². The highest BCUT2D eigenvalue weighted by Crippen LogP contribution is 2.37. The Hall–Kier alpha value is -0.770. The Morgan fingerprint density at radius 1 is 1.19 bits per heavy atom. The van der Waals surface area contributed by atoms with Crippen LogP contribution in [0.1, 0.15) is 67.3 Å². The number of benzene rings is 1. The lowest BCUT2D eigenvalue weighted by molar-refractivity contribution is 0.0592. The van der Waals surface area contributed by atoms with Crippen molar-refractivity contribution in [3.8, 4) is 0 Å². The summed E-state index contributed by atoms with van der Waals surface area (Å²) in [6.45, 7) is 2.22. The lowest BCUT2D eigenvalue weighted by Crippen LogP contribution is -2.20. The molecule has 0 spiro atoms. The fraction of sp³-hybridized carbons (Fsp3) is 0.588. The largest absolute Gasteiger partial charge is 0.363 e. The smallest absolute Gasteiger partial charge is 0.286 e. The first kappa shape index (κ1) is 16.6. The van der Waals surface area contributed by atoms with Gasteiger partial charge in [0.15, 0.2) is 0 Å². The van der Waals surface area contributed by atoms with Gasteiger partial charge in [-0.25, -0.2) is 0 Å². The van der Waals surface area contributed by atoms with E-state index in [4.69, 9.17) is 0 Å². The van der Waals surface area contributed by atoms with Crippen molar-refractivity contribution in [2.75, 3.05) is 0 Å². The Morgan fingerprint density at radius 2 is 1.76 bits per heavy atom. The molecule has 1 aliphatic rings. The summed E-state index contributed by atoms with van der Waals surface area (Å²) < 4.78 is 25.9. The van der Waals surface area contributed by atoms with Gasteiger partial charge < -0.3 is 0 Å². The van der Waals surface area contributed by atoms with Crippen LogP contribution in [-0.4, -0.2) is 10.6 Å². The first-order valence-electron chi connectivity index (χ1n) is 7.63. The topological polar surface area (TPSA) is 17.1 Å². The van der Waals surface area contributed by atoms with Crippen molar-refractivity contribution >= 4 is 21.7 Å². The average molecular weight is 359 g/mol. The highest BCUT2D eigenvalue weighted by molar-refractivity contribution is 9.10. The number of hydrogen-bond donors (Lipinski definition) is 0. The lowest BCUT2D eigenvalue weighted by Gasteiger charge is -2.28. The zero-order chi connectivity index (χ0) is 15.5. The summed E-state index contributed by atoms with van der Waals surface area (Å²) in [4.78, 5) is 7.99. The van der Waals surface area contributed by atoms with Gasteiger partial charge >= 0.3 is 4.83 Å². The molecular weight excluding hydrogens is 338 g/mol. The molecule has 1 aliphatic carbocycles. The predicted octanol–water partition coefficient (Wildman–Crippen LogP) is 5.93. The first-order valence-corrected chi connectivity index (χ1v) is 8.42. The molecule has 1 aromatic rings. The SMILES string of the molecule is CCCC1CCC(c2ccc(C(=O)C(F)(F)Br)cc2)CC1. The maximum Gasteiger partial charge on any atom is 0.363 e. The number of carbonyl (C=O) groups excluding carboxylic acids is 1. The summed E-state index contributed by atoms with van der Waals surface area (Å²) in [6, 6.07) is 6.70. The molecule has 0 atom stereocenters. The fourth-order valence-corrected chi connectivity index (χ4v) is 3.49. The van der Waals surface area contributed by atoms with Gasteiger partial charge in [0, 0.05) is 5.56 Å². The minimum atomic E-state index is -3.48. The molecule has 0 aromatic heterocycles. The van der Waals surface area contributed by atoms with Crippen LogP contribution in [0.4, 0.5) is 8.78 Å². The normalized spacial score (nSPS) is 23.0. The van der Waals surface area contributed by atoms with E-state index in [2.05, 4.69) is 22.9 Å². The van der Waals surface area contributed by atoms with E-state index in [1.54, 1.807) is 0 Å². The van der Waals surface area contributed by atoms with Crippen molar-refractivity contribution in [3.63, 3.8) is 0 Å². The summed E-state index contributed by atoms with van der Waals surface area (Å²) in [5.41, 5.74) is 1.22. The fourth-order valence-electron chi connectivity index (χ4n) is 3.26. The molecule has 0 N–H and O–H groups in total. The Morgan fingerprint density at radius 3 is 2.24 bits per heavy atom. The predicted molar refractivity (Wildman–Crippen MR) is 84.3 cm³/mol. The number of ketones is 1. The first-order chi connectivity index (χ1) is 9.91. The van der Waals surface area contributed by atoms with Crippen molar-refractivity contribution in [2.45, 2.75) is 56.2 Å². The molecule has 0 amide bonds. The van der Waals surface area contributed by atoms with Crippen LogP contribution in [0.25, 0.3) is 0 Å². The molecule has 1 aromatic carbocycles. The third-order valence-electron chi connectivity index (χ3n) is 4.45. The summed E-state index contributed by atoms with van der Waals surface area (Å²) in [6.07, 6.45) is 7.36. The molecule has 0 bridgehead atoms. The van der Waals surface area contributed by atoms with Crippen molar-refractivity contribution in [3.05, 3.63) is 35.4 Å². The van der Waals surface area contributed by atoms with Gasteiger partial charge in [-0.1, -0.05) is 44.0 Å². The standard InChI is InChI=1S/C17H21BrF2O/c1-2-3-12-4-6-13(7-5-12)14-8-10-15(11-9-14)16(21)17(18,19)20/h8-13H,2-7H2,1H3. The Bertz CT molecular complexity index is 471. The van der Waals surface area contributed by atoms with Gasteiger partial charge in [-0.3, -0.25) is 4.79 Å². The molecule has 4 heteroatoms. The minimum absolute atomic E-state index is 0.0558. The van der Waals surface area contributed by atoms with Gasteiger partial charge in [-0.2, -0.15) is 8.78 Å². The Labute approximate surface area is 133 Å². The number of alkyl halides is 3. The molecule has 1 fully saturated rings. The van der Waals surface area contributed by atoms with Gasteiger partial charge in [0.25, 0.3) is 0 Å². The second-order valence-corrected chi connectivity index (χ2v) is 6.95. The molecular formula is C17H21BrF2O. The zero-order valence-corrected chi connectivity index (χ0v) is 13.8. The average Bonchev–Trinajstić information content (AvgIpc) is 2.47. The molecule has 0 saturated heterocycles. The van der Waals surface area contributed by atoms with Crippen molar-refractivity contribution < 1.29 is 13.6 Å². The molecule has 0 aliphatic heterocycles. The van der Waals surface area contributed by atoms with Gasteiger partial charge in [0.2, 0.25) is 5.78 Å². The molecule has 0 heterocycles. The number of rotatable bonds is 5. The van der Waals surface area contributed by atoms with Crippen LogP contribution in [-0.2, 0) is 0 Å². The van der Waals surface area contributed by atoms with E-state index in [1.807, 2.05) is 12.1 Å². The van der Waals surface area contributed by atoms with E-state index >= 15 is 0 Å². The summed E-state index contributed by atoms with van der Waals surface area (Å²) >= 11 is 2.11. The molecule has 0 radical (unpaired) electrons. The Kier molecular flexibility index (Phi) is 5.53. The lowest BCUT2D eigenvalue weighted by atomic mass is 9.77. The third-order valence-corrected chi connectivity index (χ3v) is 4.81. The van der Waals surface area contributed by atoms with Crippen LogP contribution in [0.15, 0.2) is 24.3 Å². The van der Waals surface area contributed by atoms with Crippen molar-refractivity contribution in [2.24, 2.45) is 5.92 Å². The highest BCUT2D eigenvalue weighted by atomic mass is 79.9. The number of halogens is 3. The third kappa shape index (κ3) is 4.35. The van der Waals surface area contributed by atoms with Crippen molar-refractivity contribution in [1.82, 2.24) is 0 Å². The maximum absolute atomic E-state index is 12.9. The second kappa shape index (κ2) is 6.99. The zero-order valence-electron chi connectivity index (χ0n) is 12.2. The number of carbonyl (C=O) groups is 1. The van der Waals surface area contributed by atoms with E-state index in [0.29, 0.717) is 5.92 Å². The van der Waals surface area contributed by atoms with Crippen LogP contribution in [0.5, 0.6) is 0 Å². The van der Waals surface area contributed by atoms with E-state index in [1.165, 1.54) is 43.4 Å². The van der Waals surface area contributed by atoms with Gasteiger partial charge in [-0.05, 0) is 59.0 Å². The number of hydrogen-bond acceptors (Lipinski definition) is 1. The minimum Gasteiger partial charge on any atom is -0.286 e. The Balaban J connectivity index is 1.99. The van der Waals surface area contributed by atoms with E-state index in [0.717, 1.165) is 18.8 Å². The van der Waals surface area contributed by atoms with E-state index in [-0.39, 0.29) is 5.56 Å². The van der Waals surface area contributed by atoms with Crippen LogP contribution < -0.4 is 0 Å². The van der Waals surface area contributed by atoms with Gasteiger partial charge in [0.1, 0.15) is 0 Å². The highest BCUT2D eigenvalue weighted by Gasteiger charge is 2.35. The quantitative estimate of drug-likeness (QED) is 0.470. The van der Waals surface area contributed by atoms with Gasteiger partial charge in [0.05, 0.1) is 0 Å². The van der Waals surface area contributed by atoms with E-state index < -0.39 is 10.6 Å². The van der Waals surface area contributed by atoms with Crippen LogP contribution in [0.2, 0.25) is 0 Å². The molecule has 1 saturated carbocycles. The summed E-state index contributed by atoms with van der Waals surface area (Å²) in [5, 5.41) is 0. The van der Waals surface area contributed by atoms with E-state index in [9.17, 15) is 13.6 Å². The van der Waals surface area contributed by atoms with Crippen molar-refractivity contribution in [1.29, 1.82) is 0 Å². The molecule has 21 heavy (non-hydrogen) atoms.